The summed E-state index contributed by atoms with van der Waals surface area (Å²) in [6, 6.07) is 15.1. The number of nitrogens with zero attached hydrogens (tertiary/aromatic N) is 1. The molecular formula is C22H22N2O6. The van der Waals surface area contributed by atoms with Crippen LogP contribution in [-0.4, -0.2) is 66.9 Å². The van der Waals surface area contributed by atoms with Crippen molar-refractivity contribution in [3.63, 3.8) is 0 Å². The maximum absolute atomic E-state index is 12.8. The summed E-state index contributed by atoms with van der Waals surface area (Å²) in [5.41, 5.74) is 4.46. The van der Waals surface area contributed by atoms with Crippen LogP contribution in [-0.2, 0) is 19.1 Å². The van der Waals surface area contributed by atoms with Crippen LogP contribution in [0.4, 0.5) is 4.79 Å². The van der Waals surface area contributed by atoms with Gasteiger partial charge in [0.25, 0.3) is 0 Å². The van der Waals surface area contributed by atoms with E-state index in [0.717, 1.165) is 22.3 Å². The number of benzene rings is 2. The molecule has 1 atom stereocenters. The van der Waals surface area contributed by atoms with Crippen LogP contribution in [0.5, 0.6) is 0 Å². The summed E-state index contributed by atoms with van der Waals surface area (Å²) in [6.07, 6.45) is -0.615. The van der Waals surface area contributed by atoms with Crippen LogP contribution in [0.15, 0.2) is 48.5 Å². The number of carbonyl (C=O) groups is 3. The van der Waals surface area contributed by atoms with Crippen molar-refractivity contribution in [2.24, 2.45) is 0 Å². The Labute approximate surface area is 173 Å². The Kier molecular flexibility index (Phi) is 5.67. The van der Waals surface area contributed by atoms with Gasteiger partial charge in [-0.25, -0.2) is 4.79 Å². The highest BCUT2D eigenvalue weighted by Crippen LogP contribution is 2.44. The van der Waals surface area contributed by atoms with Gasteiger partial charge in [0.1, 0.15) is 19.2 Å². The number of ether oxygens (including phenoxy) is 2. The lowest BCUT2D eigenvalue weighted by molar-refractivity contribution is -0.140. The summed E-state index contributed by atoms with van der Waals surface area (Å²) in [7, 11) is 0. The molecule has 2 N–H and O–H groups in total. The van der Waals surface area contributed by atoms with E-state index in [1.807, 2.05) is 36.4 Å². The molecule has 2 aliphatic rings. The van der Waals surface area contributed by atoms with Crippen molar-refractivity contribution in [2.75, 3.05) is 32.9 Å². The van der Waals surface area contributed by atoms with Gasteiger partial charge in [0.05, 0.1) is 13.2 Å². The highest BCUT2D eigenvalue weighted by Gasteiger charge is 2.35. The zero-order valence-corrected chi connectivity index (χ0v) is 16.2. The summed E-state index contributed by atoms with van der Waals surface area (Å²) in [5.74, 6) is -1.82. The molecule has 1 heterocycles. The third-order valence-corrected chi connectivity index (χ3v) is 5.42. The number of rotatable bonds is 5. The molecule has 0 bridgehead atoms. The fraction of sp³-hybridized carbons (Fsp3) is 0.318. The first-order valence-electron chi connectivity index (χ1n) is 9.75. The fourth-order valence-corrected chi connectivity index (χ4v) is 4.00. The van der Waals surface area contributed by atoms with Gasteiger partial charge in [0, 0.05) is 12.5 Å². The number of hydrogen-bond acceptors (Lipinski definition) is 5. The first kappa shape index (κ1) is 19.9. The maximum atomic E-state index is 12.8. The molecule has 8 nitrogen and oxygen atoms in total. The van der Waals surface area contributed by atoms with Gasteiger partial charge in [0.15, 0.2) is 0 Å². The van der Waals surface area contributed by atoms with Gasteiger partial charge in [-0.2, -0.15) is 0 Å². The Bertz CT molecular complexity index is 930. The van der Waals surface area contributed by atoms with E-state index in [-0.39, 0.29) is 32.3 Å². The molecule has 8 heteroatoms. The van der Waals surface area contributed by atoms with Gasteiger partial charge in [0.2, 0.25) is 5.91 Å². The largest absolute Gasteiger partial charge is 0.480 e. The van der Waals surface area contributed by atoms with E-state index in [1.54, 1.807) is 0 Å². The van der Waals surface area contributed by atoms with Crippen LogP contribution in [0.2, 0.25) is 0 Å². The minimum atomic E-state index is -1.16. The number of hydrogen-bond donors (Lipinski definition) is 2. The summed E-state index contributed by atoms with van der Waals surface area (Å²) in [6.45, 7) is 0.103. The number of carboxylic acids is 1. The van der Waals surface area contributed by atoms with E-state index in [9.17, 15) is 14.4 Å². The van der Waals surface area contributed by atoms with Gasteiger partial charge < -0.3 is 19.9 Å². The van der Waals surface area contributed by atoms with Gasteiger partial charge in [-0.05, 0) is 22.3 Å². The van der Waals surface area contributed by atoms with E-state index >= 15 is 0 Å². The predicted molar refractivity (Wildman–Crippen MR) is 107 cm³/mol. The molecule has 1 aliphatic carbocycles. The van der Waals surface area contributed by atoms with Crippen LogP contribution >= 0.6 is 0 Å². The van der Waals surface area contributed by atoms with Crippen molar-refractivity contribution in [3.8, 4) is 11.1 Å². The van der Waals surface area contributed by atoms with E-state index < -0.39 is 30.6 Å². The number of aliphatic carboxylic acids is 1. The number of nitrogens with one attached hydrogen (secondary N) is 1. The lowest BCUT2D eigenvalue weighted by Gasteiger charge is -2.33. The zero-order chi connectivity index (χ0) is 21.1. The van der Waals surface area contributed by atoms with Crippen molar-refractivity contribution in [1.82, 2.24) is 10.2 Å². The van der Waals surface area contributed by atoms with Gasteiger partial charge in [-0.1, -0.05) is 48.5 Å². The molecule has 156 valence electrons. The molecule has 2 amide bonds. The number of amides is 2. The van der Waals surface area contributed by atoms with Gasteiger partial charge in [-0.3, -0.25) is 14.5 Å². The highest BCUT2D eigenvalue weighted by molar-refractivity contribution is 5.88. The van der Waals surface area contributed by atoms with E-state index in [2.05, 4.69) is 17.4 Å². The number of fused-ring (bicyclic) bond motifs is 3. The molecule has 4 rings (SSSR count). The fourth-order valence-electron chi connectivity index (χ4n) is 4.00. The molecule has 2 aromatic carbocycles. The van der Waals surface area contributed by atoms with E-state index in [4.69, 9.17) is 14.6 Å². The standard InChI is InChI=1S/C22H22N2O6/c25-20(26)11-23-21(27)19-13-29-10-9-24(19)22(28)30-12-18-16-7-3-1-5-14(16)15-6-2-4-8-17(15)18/h1-8,18-19H,9-13H2,(H,23,27)(H,25,26). The molecule has 0 radical (unpaired) electrons. The minimum Gasteiger partial charge on any atom is -0.480 e. The Balaban J connectivity index is 1.46. The molecule has 1 saturated heterocycles. The average molecular weight is 410 g/mol. The number of morpholine rings is 1. The second kappa shape index (κ2) is 8.54. The quantitative estimate of drug-likeness (QED) is 0.779. The van der Waals surface area contributed by atoms with E-state index in [0.29, 0.717) is 0 Å². The lowest BCUT2D eigenvalue weighted by Crippen LogP contribution is -2.56. The molecule has 1 fully saturated rings. The van der Waals surface area contributed by atoms with Crippen LogP contribution < -0.4 is 5.32 Å². The summed E-state index contributed by atoms with van der Waals surface area (Å²) in [4.78, 5) is 37.1. The summed E-state index contributed by atoms with van der Waals surface area (Å²) in [5, 5.41) is 11.0. The lowest BCUT2D eigenvalue weighted by atomic mass is 9.98. The molecule has 1 aliphatic heterocycles. The molecule has 1 unspecified atom stereocenters. The Hall–Kier alpha value is -3.39. The topological polar surface area (TPSA) is 105 Å². The second-order valence-electron chi connectivity index (χ2n) is 7.20. The molecule has 0 aromatic heterocycles. The predicted octanol–water partition coefficient (Wildman–Crippen LogP) is 1.84. The summed E-state index contributed by atoms with van der Waals surface area (Å²) >= 11 is 0. The monoisotopic (exact) mass is 410 g/mol. The second-order valence-corrected chi connectivity index (χ2v) is 7.20. The summed E-state index contributed by atoms with van der Waals surface area (Å²) < 4.78 is 10.9. The van der Waals surface area contributed by atoms with Crippen molar-refractivity contribution in [3.05, 3.63) is 59.7 Å². The zero-order valence-electron chi connectivity index (χ0n) is 16.2. The Morgan fingerprint density at radius 2 is 1.70 bits per heavy atom. The first-order chi connectivity index (χ1) is 14.6. The SMILES string of the molecule is O=C(O)CNC(=O)C1COCCN1C(=O)OCC1c2ccccc2-c2ccccc21. The maximum Gasteiger partial charge on any atom is 0.410 e. The van der Waals surface area contributed by atoms with Crippen LogP contribution in [0, 0.1) is 0 Å². The Morgan fingerprint density at radius 1 is 1.07 bits per heavy atom. The minimum absolute atomic E-state index is 0.00432. The van der Waals surface area contributed by atoms with Crippen molar-refractivity contribution in [2.45, 2.75) is 12.0 Å². The number of carboxylic acid groups (broad SMARTS) is 1. The molecule has 2 aromatic rings. The normalized spacial score (nSPS) is 17.7. The van der Waals surface area contributed by atoms with E-state index in [1.165, 1.54) is 4.90 Å². The molecule has 0 spiro atoms. The first-order valence-corrected chi connectivity index (χ1v) is 9.75. The van der Waals surface area contributed by atoms with Crippen molar-refractivity contribution < 1.29 is 29.0 Å². The number of carbonyl (C=O) groups excluding carboxylic acids is 2. The molecular weight excluding hydrogens is 388 g/mol. The van der Waals surface area contributed by atoms with Gasteiger partial charge >= 0.3 is 12.1 Å². The molecule has 30 heavy (non-hydrogen) atoms. The average Bonchev–Trinajstić information content (AvgIpc) is 3.09. The van der Waals surface area contributed by atoms with Gasteiger partial charge in [-0.15, -0.1) is 0 Å². The molecule has 0 saturated carbocycles. The smallest absolute Gasteiger partial charge is 0.410 e. The van der Waals surface area contributed by atoms with Crippen LogP contribution in [0.25, 0.3) is 11.1 Å². The van der Waals surface area contributed by atoms with Crippen molar-refractivity contribution in [1.29, 1.82) is 0 Å². The highest BCUT2D eigenvalue weighted by atomic mass is 16.6. The van der Waals surface area contributed by atoms with Crippen LogP contribution in [0.3, 0.4) is 0 Å². The third-order valence-electron chi connectivity index (χ3n) is 5.42. The van der Waals surface area contributed by atoms with Crippen molar-refractivity contribution >= 4 is 18.0 Å². The van der Waals surface area contributed by atoms with Crippen LogP contribution in [0.1, 0.15) is 17.0 Å². The Morgan fingerprint density at radius 3 is 2.33 bits per heavy atom. The third kappa shape index (κ3) is 3.86.